The van der Waals surface area contributed by atoms with Gasteiger partial charge in [0.25, 0.3) is 0 Å². The van der Waals surface area contributed by atoms with E-state index in [0.717, 1.165) is 103 Å². The number of carbonyl (C=O) groups excluding carboxylic acids is 3. The minimum atomic E-state index is -4.76. The number of rotatable bonds is 63. The molecule has 0 fully saturated rings. The first-order valence-corrected chi connectivity index (χ1v) is 35.3. The van der Waals surface area contributed by atoms with Gasteiger partial charge >= 0.3 is 25.7 Å². The van der Waals surface area contributed by atoms with Gasteiger partial charge in [-0.25, -0.2) is 4.57 Å². The highest BCUT2D eigenvalue weighted by molar-refractivity contribution is 7.47. The lowest BCUT2D eigenvalue weighted by atomic mass is 10.1. The van der Waals surface area contributed by atoms with E-state index in [1.54, 1.807) is 0 Å². The van der Waals surface area contributed by atoms with Gasteiger partial charge in [0.15, 0.2) is 6.10 Å². The summed E-state index contributed by atoms with van der Waals surface area (Å²) in [6, 6.07) is 0. The van der Waals surface area contributed by atoms with Crippen molar-refractivity contribution in [2.24, 2.45) is 0 Å². The second-order valence-corrected chi connectivity index (χ2v) is 24.1. The van der Waals surface area contributed by atoms with Gasteiger partial charge in [0, 0.05) is 19.3 Å². The zero-order chi connectivity index (χ0) is 59.8. The van der Waals surface area contributed by atoms with Crippen LogP contribution in [0.5, 0.6) is 0 Å². The number of aliphatic hydroxyl groups is 1. The molecule has 0 amide bonds. The van der Waals surface area contributed by atoms with Crippen molar-refractivity contribution in [3.05, 3.63) is 72.9 Å². The molecule has 0 spiro atoms. The molecule has 0 rings (SSSR count). The lowest BCUT2D eigenvalue weighted by Crippen LogP contribution is -2.30. The number of aliphatic hydroxyl groups excluding tert-OH is 1. The van der Waals surface area contributed by atoms with E-state index >= 15 is 0 Å². The predicted octanol–water partition coefficient (Wildman–Crippen LogP) is 20.8. The Morgan fingerprint density at radius 1 is 0.354 bits per heavy atom. The van der Waals surface area contributed by atoms with Crippen LogP contribution in [0.3, 0.4) is 0 Å². The summed E-state index contributed by atoms with van der Waals surface area (Å²) >= 11 is 0. The van der Waals surface area contributed by atoms with E-state index in [1.165, 1.54) is 154 Å². The summed E-state index contributed by atoms with van der Waals surface area (Å²) in [7, 11) is -4.76. The lowest BCUT2D eigenvalue weighted by Gasteiger charge is -2.21. The van der Waals surface area contributed by atoms with Crippen molar-refractivity contribution < 1.29 is 52.2 Å². The number of phosphoric acid groups is 1. The molecule has 0 bridgehead atoms. The Labute approximate surface area is 503 Å². The van der Waals surface area contributed by atoms with Crippen LogP contribution in [0.1, 0.15) is 316 Å². The summed E-state index contributed by atoms with van der Waals surface area (Å²) in [5, 5.41) is 9.87. The topological polar surface area (TPSA) is 155 Å². The molecule has 0 aromatic heterocycles. The molecule has 0 aliphatic carbocycles. The van der Waals surface area contributed by atoms with Gasteiger partial charge in [-0.15, -0.1) is 0 Å². The third-order valence-electron chi connectivity index (χ3n) is 14.6. The van der Waals surface area contributed by atoms with Gasteiger partial charge in [0.05, 0.1) is 19.8 Å². The average molecular weight is 1170 g/mol. The van der Waals surface area contributed by atoms with E-state index in [9.17, 15) is 28.9 Å². The third-order valence-corrected chi connectivity index (χ3v) is 15.5. The molecule has 0 aliphatic rings. The van der Waals surface area contributed by atoms with Crippen molar-refractivity contribution >= 4 is 25.7 Å². The summed E-state index contributed by atoms with van der Waals surface area (Å²) in [4.78, 5) is 48.9. The normalized spacial score (nSPS) is 13.7. The highest BCUT2D eigenvalue weighted by atomic mass is 31.2. The molecule has 0 heterocycles. The molecule has 82 heavy (non-hydrogen) atoms. The molecule has 2 N–H and O–H groups in total. The van der Waals surface area contributed by atoms with Gasteiger partial charge in [-0.3, -0.25) is 23.4 Å². The molecule has 476 valence electrons. The van der Waals surface area contributed by atoms with Crippen LogP contribution in [0, 0.1) is 0 Å². The van der Waals surface area contributed by atoms with Crippen LogP contribution in [-0.2, 0) is 42.2 Å². The van der Waals surface area contributed by atoms with Crippen LogP contribution in [0.2, 0.25) is 0 Å². The van der Waals surface area contributed by atoms with Crippen LogP contribution < -0.4 is 0 Å². The van der Waals surface area contributed by atoms with Crippen molar-refractivity contribution in [1.29, 1.82) is 0 Å². The number of hydrogen-bond donors (Lipinski definition) is 2. The number of carbonyl (C=O) groups is 3. The summed E-state index contributed by atoms with van der Waals surface area (Å²) in [5.74, 6) is -1.47. The van der Waals surface area contributed by atoms with Crippen LogP contribution in [-0.4, -0.2) is 66.5 Å². The molecule has 0 saturated carbocycles. The molecule has 0 radical (unpaired) electrons. The van der Waals surface area contributed by atoms with Crippen molar-refractivity contribution in [2.45, 2.75) is 328 Å². The zero-order valence-corrected chi connectivity index (χ0v) is 53.8. The van der Waals surface area contributed by atoms with Crippen LogP contribution in [0.25, 0.3) is 0 Å². The highest BCUT2D eigenvalue weighted by Crippen LogP contribution is 2.43. The average Bonchev–Trinajstić information content (AvgIpc) is 3.49. The number of hydrogen-bond acceptors (Lipinski definition) is 10. The van der Waals surface area contributed by atoms with Crippen LogP contribution in [0.15, 0.2) is 72.9 Å². The lowest BCUT2D eigenvalue weighted by molar-refractivity contribution is -0.161. The molecule has 0 aliphatic heterocycles. The van der Waals surface area contributed by atoms with E-state index in [0.29, 0.717) is 19.3 Å². The van der Waals surface area contributed by atoms with Crippen molar-refractivity contribution in [1.82, 2.24) is 0 Å². The van der Waals surface area contributed by atoms with Crippen molar-refractivity contribution in [2.75, 3.05) is 26.4 Å². The zero-order valence-electron chi connectivity index (χ0n) is 53.0. The number of unbranched alkanes of at least 4 members (excludes halogenated alkanes) is 34. The van der Waals surface area contributed by atoms with Crippen LogP contribution in [0.4, 0.5) is 0 Å². The van der Waals surface area contributed by atoms with E-state index in [1.807, 2.05) is 0 Å². The Morgan fingerprint density at radius 2 is 0.634 bits per heavy atom. The van der Waals surface area contributed by atoms with Gasteiger partial charge in [-0.05, 0) is 109 Å². The molecule has 0 aromatic rings. The first-order valence-electron chi connectivity index (χ1n) is 33.8. The van der Waals surface area contributed by atoms with E-state index in [4.69, 9.17) is 23.3 Å². The Bertz CT molecular complexity index is 1650. The summed E-state index contributed by atoms with van der Waals surface area (Å²) in [5.41, 5.74) is 0. The standard InChI is InChI=1S/C70H125O11P/c1-4-7-10-13-16-19-22-25-28-31-33-36-38-41-44-47-50-53-56-59-68(72)77-63-67(81-70(74)61-58-55-52-49-46-43-40-37-34-32-29-26-23-20-17-14-11-8-5-2)65-79-82(75,76)78-64-66(62-71)80-69(73)60-57-54-51-48-45-42-39-35-30-27-24-21-18-15-12-9-6-3/h9,12,16,18-19,21,25-30,66-67,71H,4-8,10-11,13-15,17,20,22-24,31-65H2,1-3H3,(H,75,76)/b12-9-,19-16-,21-18-,28-25-,29-26-,30-27-. The molecule has 0 aromatic carbocycles. The maximum Gasteiger partial charge on any atom is 0.472 e. The molecule has 3 unspecified atom stereocenters. The monoisotopic (exact) mass is 1170 g/mol. The minimum absolute atomic E-state index is 0.164. The second-order valence-electron chi connectivity index (χ2n) is 22.6. The maximum absolute atomic E-state index is 13.0. The summed E-state index contributed by atoms with van der Waals surface area (Å²) in [6.45, 7) is 4.55. The Morgan fingerprint density at radius 3 is 1.01 bits per heavy atom. The first kappa shape index (κ1) is 78.9. The Balaban J connectivity index is 4.69. The maximum atomic E-state index is 13.0. The van der Waals surface area contributed by atoms with Gasteiger partial charge in [-0.2, -0.15) is 0 Å². The highest BCUT2D eigenvalue weighted by Gasteiger charge is 2.28. The summed E-state index contributed by atoms with van der Waals surface area (Å²) < 4.78 is 39.8. The Kier molecular flexibility index (Phi) is 61.5. The fourth-order valence-electron chi connectivity index (χ4n) is 9.46. The van der Waals surface area contributed by atoms with Crippen LogP contribution >= 0.6 is 7.82 Å². The van der Waals surface area contributed by atoms with Gasteiger partial charge in [0.1, 0.15) is 12.7 Å². The number of allylic oxidation sites excluding steroid dienone is 12. The molecule has 11 nitrogen and oxygen atoms in total. The fraction of sp³-hybridized carbons (Fsp3) is 0.786. The molecule has 0 saturated heterocycles. The number of phosphoric ester groups is 1. The third kappa shape index (κ3) is 61.5. The first-order chi connectivity index (χ1) is 40.2. The van der Waals surface area contributed by atoms with E-state index < -0.39 is 57.8 Å². The Hall–Kier alpha value is -3.08. The largest absolute Gasteiger partial charge is 0.472 e. The van der Waals surface area contributed by atoms with Crippen molar-refractivity contribution in [3.63, 3.8) is 0 Å². The minimum Gasteiger partial charge on any atom is -0.462 e. The van der Waals surface area contributed by atoms with Gasteiger partial charge in [0.2, 0.25) is 0 Å². The fourth-order valence-corrected chi connectivity index (χ4v) is 10.2. The van der Waals surface area contributed by atoms with Crippen molar-refractivity contribution in [3.8, 4) is 0 Å². The molecular weight excluding hydrogens is 1050 g/mol. The molecular formula is C70H125O11P. The summed E-state index contributed by atoms with van der Waals surface area (Å²) in [6.07, 6.45) is 74.2. The smallest absolute Gasteiger partial charge is 0.462 e. The quantitative estimate of drug-likeness (QED) is 0.0197. The SMILES string of the molecule is CC/C=C\C/C=C\C/C=C\CCCCCCCCCC(=O)OC(CO)COP(=O)(O)OCC(COC(=O)CCCCCCCCCCC/C=C\C/C=C\CCCCC)OC(=O)CCCCCCCCCCC/C=C\CCCCCCCC. The van der Waals surface area contributed by atoms with Gasteiger partial charge < -0.3 is 24.2 Å². The number of esters is 3. The van der Waals surface area contributed by atoms with E-state index in [-0.39, 0.29) is 25.9 Å². The number of ether oxygens (including phenoxy) is 3. The molecule has 12 heteroatoms. The predicted molar refractivity (Wildman–Crippen MR) is 344 cm³/mol. The molecule has 3 atom stereocenters. The second kappa shape index (κ2) is 63.9. The van der Waals surface area contributed by atoms with E-state index in [2.05, 4.69) is 93.7 Å². The van der Waals surface area contributed by atoms with Gasteiger partial charge in [-0.1, -0.05) is 261 Å².